The van der Waals surface area contributed by atoms with Gasteiger partial charge in [0.2, 0.25) is 11.8 Å². The first-order valence-electron chi connectivity index (χ1n) is 9.66. The summed E-state index contributed by atoms with van der Waals surface area (Å²) in [6.07, 6.45) is 0.903. The van der Waals surface area contributed by atoms with E-state index in [0.29, 0.717) is 22.0 Å². The van der Waals surface area contributed by atoms with E-state index in [1.165, 1.54) is 4.90 Å². The smallest absolute Gasteiger partial charge is 0.253 e. The number of carbonyl (C=O) groups is 3. The fourth-order valence-electron chi connectivity index (χ4n) is 3.22. The Morgan fingerprint density at radius 1 is 1.17 bits per heavy atom. The largest absolute Gasteiger partial charge is 0.350 e. The van der Waals surface area contributed by atoms with Crippen LogP contribution in [0.5, 0.6) is 0 Å². The fraction of sp³-hybridized carbons (Fsp3) is 0.318. The molecule has 1 aliphatic rings. The van der Waals surface area contributed by atoms with Crippen molar-refractivity contribution in [3.8, 4) is 0 Å². The predicted molar refractivity (Wildman–Crippen MR) is 114 cm³/mol. The van der Waals surface area contributed by atoms with Crippen LogP contribution in [0.3, 0.4) is 0 Å². The van der Waals surface area contributed by atoms with Crippen LogP contribution in [0, 0.1) is 5.92 Å². The predicted octanol–water partition coefficient (Wildman–Crippen LogP) is 3.86. The van der Waals surface area contributed by atoms with Crippen LogP contribution in [0.4, 0.5) is 11.4 Å². The molecule has 0 saturated carbocycles. The van der Waals surface area contributed by atoms with Gasteiger partial charge in [-0.1, -0.05) is 42.8 Å². The highest BCUT2D eigenvalue weighted by atomic mass is 35.5. The summed E-state index contributed by atoms with van der Waals surface area (Å²) in [7, 11) is 0. The van der Waals surface area contributed by atoms with Gasteiger partial charge in [-0.3, -0.25) is 14.4 Å². The maximum atomic E-state index is 12.8. The van der Waals surface area contributed by atoms with E-state index in [2.05, 4.69) is 10.6 Å². The number of hydrogen-bond donors (Lipinski definition) is 2. The van der Waals surface area contributed by atoms with E-state index in [9.17, 15) is 14.4 Å². The minimum Gasteiger partial charge on any atom is -0.350 e. The number of carbonyl (C=O) groups excluding carboxylic acids is 3. The summed E-state index contributed by atoms with van der Waals surface area (Å²) in [6, 6.07) is 14.0. The van der Waals surface area contributed by atoms with Crippen molar-refractivity contribution in [2.24, 2.45) is 5.92 Å². The molecule has 2 unspecified atom stereocenters. The highest BCUT2D eigenvalue weighted by Crippen LogP contribution is 2.31. The van der Waals surface area contributed by atoms with Crippen molar-refractivity contribution in [3.63, 3.8) is 0 Å². The molecule has 2 aromatic carbocycles. The monoisotopic (exact) mass is 413 g/mol. The number of nitrogens with one attached hydrogen (secondary N) is 2. The molecule has 1 fully saturated rings. The third-order valence-electron chi connectivity index (χ3n) is 5.06. The molecular formula is C22H24ClN3O3. The Morgan fingerprint density at radius 2 is 1.86 bits per heavy atom. The molecule has 152 valence electrons. The standard InChI is InChI=1S/C22H24ClN3O3/c1-3-14(2)24-22(29)16-8-4-6-10-18(16)25-21(28)15-12-20(27)26(13-15)19-11-7-5-9-17(19)23/h4-11,14-15H,3,12-13H2,1-2H3,(H,24,29)(H,25,28). The number of halogens is 1. The molecule has 6 nitrogen and oxygen atoms in total. The molecule has 2 N–H and O–H groups in total. The number of anilines is 2. The molecule has 1 heterocycles. The van der Waals surface area contributed by atoms with Gasteiger partial charge in [-0.15, -0.1) is 0 Å². The molecule has 0 bridgehead atoms. The van der Waals surface area contributed by atoms with Gasteiger partial charge in [0, 0.05) is 19.0 Å². The van der Waals surface area contributed by atoms with E-state index >= 15 is 0 Å². The average molecular weight is 414 g/mol. The highest BCUT2D eigenvalue weighted by Gasteiger charge is 2.36. The van der Waals surface area contributed by atoms with Crippen molar-refractivity contribution >= 4 is 40.7 Å². The van der Waals surface area contributed by atoms with Gasteiger partial charge in [0.1, 0.15) is 0 Å². The third-order valence-corrected chi connectivity index (χ3v) is 5.38. The van der Waals surface area contributed by atoms with Gasteiger partial charge in [-0.05, 0) is 37.6 Å². The topological polar surface area (TPSA) is 78.5 Å². The summed E-state index contributed by atoms with van der Waals surface area (Å²) in [5.41, 5.74) is 1.43. The second kappa shape index (κ2) is 9.09. The Morgan fingerprint density at radius 3 is 2.59 bits per heavy atom. The van der Waals surface area contributed by atoms with E-state index in [-0.39, 0.29) is 36.7 Å². The number of para-hydroxylation sites is 2. The SMILES string of the molecule is CCC(C)NC(=O)c1ccccc1NC(=O)C1CC(=O)N(c2ccccc2Cl)C1. The van der Waals surface area contributed by atoms with Gasteiger partial charge in [0.25, 0.3) is 5.91 Å². The van der Waals surface area contributed by atoms with Crippen LogP contribution in [-0.4, -0.2) is 30.3 Å². The molecule has 1 saturated heterocycles. The summed E-state index contributed by atoms with van der Waals surface area (Å²) in [5, 5.41) is 6.19. The van der Waals surface area contributed by atoms with Crippen LogP contribution in [0.25, 0.3) is 0 Å². The molecule has 1 aliphatic heterocycles. The third kappa shape index (κ3) is 4.77. The molecular weight excluding hydrogens is 390 g/mol. The Labute approximate surface area is 175 Å². The van der Waals surface area contributed by atoms with Crippen molar-refractivity contribution < 1.29 is 14.4 Å². The lowest BCUT2D eigenvalue weighted by Gasteiger charge is -2.18. The molecule has 0 aliphatic carbocycles. The molecule has 0 spiro atoms. The van der Waals surface area contributed by atoms with Crippen molar-refractivity contribution in [1.82, 2.24) is 5.32 Å². The average Bonchev–Trinajstić information content (AvgIpc) is 3.10. The molecule has 29 heavy (non-hydrogen) atoms. The summed E-state index contributed by atoms with van der Waals surface area (Å²) in [6.45, 7) is 4.16. The lowest BCUT2D eigenvalue weighted by Crippen LogP contribution is -2.33. The van der Waals surface area contributed by atoms with Gasteiger partial charge in [0.15, 0.2) is 0 Å². The lowest BCUT2D eigenvalue weighted by atomic mass is 10.1. The van der Waals surface area contributed by atoms with Crippen LogP contribution >= 0.6 is 11.6 Å². The summed E-state index contributed by atoms with van der Waals surface area (Å²) < 4.78 is 0. The van der Waals surface area contributed by atoms with Gasteiger partial charge >= 0.3 is 0 Å². The number of hydrogen-bond acceptors (Lipinski definition) is 3. The summed E-state index contributed by atoms with van der Waals surface area (Å²) in [4.78, 5) is 39.3. The van der Waals surface area contributed by atoms with E-state index in [1.54, 1.807) is 48.5 Å². The molecule has 3 amide bonds. The normalized spacial score (nSPS) is 17.1. The van der Waals surface area contributed by atoms with Crippen LogP contribution in [0.1, 0.15) is 37.0 Å². The molecule has 2 atom stereocenters. The number of amides is 3. The zero-order valence-corrected chi connectivity index (χ0v) is 17.2. The van der Waals surface area contributed by atoms with E-state index in [4.69, 9.17) is 11.6 Å². The van der Waals surface area contributed by atoms with Crippen LogP contribution < -0.4 is 15.5 Å². The molecule has 2 aromatic rings. The minimum absolute atomic E-state index is 0.0305. The first-order chi connectivity index (χ1) is 13.9. The quantitative estimate of drug-likeness (QED) is 0.754. The second-order valence-corrected chi connectivity index (χ2v) is 7.58. The highest BCUT2D eigenvalue weighted by molar-refractivity contribution is 6.34. The second-order valence-electron chi connectivity index (χ2n) is 7.17. The van der Waals surface area contributed by atoms with Gasteiger partial charge in [0.05, 0.1) is 27.9 Å². The summed E-state index contributed by atoms with van der Waals surface area (Å²) in [5.74, 6) is -1.21. The van der Waals surface area contributed by atoms with Crippen molar-refractivity contribution in [2.45, 2.75) is 32.7 Å². The molecule has 0 radical (unpaired) electrons. The maximum Gasteiger partial charge on any atom is 0.253 e. The first kappa shape index (κ1) is 20.9. The van der Waals surface area contributed by atoms with Gasteiger partial charge in [-0.2, -0.15) is 0 Å². The molecule has 7 heteroatoms. The minimum atomic E-state index is -0.524. The zero-order chi connectivity index (χ0) is 21.0. The van der Waals surface area contributed by atoms with E-state index in [0.717, 1.165) is 6.42 Å². The molecule has 0 aromatic heterocycles. The number of benzene rings is 2. The van der Waals surface area contributed by atoms with E-state index < -0.39 is 5.92 Å². The Hall–Kier alpha value is -2.86. The van der Waals surface area contributed by atoms with Gasteiger partial charge in [-0.25, -0.2) is 0 Å². The Bertz CT molecular complexity index is 931. The number of rotatable bonds is 6. The van der Waals surface area contributed by atoms with Crippen LogP contribution in [0.15, 0.2) is 48.5 Å². The molecule has 3 rings (SSSR count). The number of nitrogens with zero attached hydrogens (tertiary/aromatic N) is 1. The maximum absolute atomic E-state index is 12.8. The fourth-order valence-corrected chi connectivity index (χ4v) is 3.45. The van der Waals surface area contributed by atoms with Crippen molar-refractivity contribution in [2.75, 3.05) is 16.8 Å². The van der Waals surface area contributed by atoms with Crippen molar-refractivity contribution in [1.29, 1.82) is 0 Å². The zero-order valence-electron chi connectivity index (χ0n) is 16.4. The summed E-state index contributed by atoms with van der Waals surface area (Å²) >= 11 is 6.20. The van der Waals surface area contributed by atoms with Crippen molar-refractivity contribution in [3.05, 3.63) is 59.1 Å². The lowest BCUT2D eigenvalue weighted by molar-refractivity contribution is -0.122. The van der Waals surface area contributed by atoms with Crippen LogP contribution in [-0.2, 0) is 9.59 Å². The van der Waals surface area contributed by atoms with Gasteiger partial charge < -0.3 is 15.5 Å². The Balaban J connectivity index is 1.72. The van der Waals surface area contributed by atoms with E-state index in [1.807, 2.05) is 13.8 Å². The first-order valence-corrected chi connectivity index (χ1v) is 10.0. The van der Waals surface area contributed by atoms with Crippen LogP contribution in [0.2, 0.25) is 5.02 Å². The Kier molecular flexibility index (Phi) is 6.54.